The van der Waals surface area contributed by atoms with Gasteiger partial charge in [0.2, 0.25) is 5.91 Å². The quantitative estimate of drug-likeness (QED) is 0.789. The summed E-state index contributed by atoms with van der Waals surface area (Å²) in [5, 5.41) is 2.55. The van der Waals surface area contributed by atoms with E-state index < -0.39 is 9.84 Å². The number of amides is 1. The van der Waals surface area contributed by atoms with Gasteiger partial charge in [-0.2, -0.15) is 0 Å². The van der Waals surface area contributed by atoms with Crippen LogP contribution in [0.25, 0.3) is 0 Å². The molecule has 0 atom stereocenters. The van der Waals surface area contributed by atoms with E-state index in [2.05, 4.69) is 5.32 Å². The second-order valence-corrected chi connectivity index (χ2v) is 7.95. The zero-order valence-corrected chi connectivity index (χ0v) is 12.9. The summed E-state index contributed by atoms with van der Waals surface area (Å²) in [6, 6.07) is 6.87. The Hall–Kier alpha value is -1.56. The molecule has 0 unspecified atom stereocenters. The van der Waals surface area contributed by atoms with Crippen LogP contribution in [0, 0.1) is 0 Å². The van der Waals surface area contributed by atoms with Crippen LogP contribution in [0.5, 0.6) is 0 Å². The SMILES string of the molecule is Nc1ccc(NC(=O)CCCS(=O)(=O)C2CCCC2)cc1. The maximum Gasteiger partial charge on any atom is 0.224 e. The number of nitrogen functional groups attached to an aromatic ring is 1. The normalized spacial score (nSPS) is 16.0. The third kappa shape index (κ3) is 4.74. The largest absolute Gasteiger partial charge is 0.399 e. The molecule has 21 heavy (non-hydrogen) atoms. The van der Waals surface area contributed by atoms with Gasteiger partial charge in [-0.25, -0.2) is 8.42 Å². The average molecular weight is 310 g/mol. The molecule has 1 saturated carbocycles. The summed E-state index contributed by atoms with van der Waals surface area (Å²) in [4.78, 5) is 11.8. The van der Waals surface area contributed by atoms with Crippen molar-refractivity contribution in [2.75, 3.05) is 16.8 Å². The van der Waals surface area contributed by atoms with Gasteiger partial charge in [0.05, 0.1) is 11.0 Å². The molecule has 0 aromatic heterocycles. The van der Waals surface area contributed by atoms with Gasteiger partial charge in [0.1, 0.15) is 0 Å². The Morgan fingerprint density at radius 3 is 2.43 bits per heavy atom. The first-order valence-corrected chi connectivity index (χ1v) is 9.06. The lowest BCUT2D eigenvalue weighted by atomic mass is 10.2. The molecular weight excluding hydrogens is 288 g/mol. The minimum absolute atomic E-state index is 0.104. The lowest BCUT2D eigenvalue weighted by Crippen LogP contribution is -2.22. The van der Waals surface area contributed by atoms with Crippen molar-refractivity contribution in [1.82, 2.24) is 0 Å². The third-order valence-electron chi connectivity index (χ3n) is 3.84. The van der Waals surface area contributed by atoms with Crippen LogP contribution in [0.4, 0.5) is 11.4 Å². The first-order valence-electron chi connectivity index (χ1n) is 7.34. The van der Waals surface area contributed by atoms with E-state index in [1.54, 1.807) is 24.3 Å². The molecule has 0 radical (unpaired) electrons. The van der Waals surface area contributed by atoms with Crippen molar-refractivity contribution in [2.45, 2.75) is 43.8 Å². The summed E-state index contributed by atoms with van der Waals surface area (Å²) in [6.45, 7) is 0. The van der Waals surface area contributed by atoms with E-state index >= 15 is 0 Å². The molecule has 6 heteroatoms. The van der Waals surface area contributed by atoms with Crippen molar-refractivity contribution >= 4 is 27.1 Å². The molecule has 116 valence electrons. The Bertz CT molecular complexity index is 575. The Labute approximate surface area is 125 Å². The summed E-state index contributed by atoms with van der Waals surface area (Å²) in [7, 11) is -3.03. The fraction of sp³-hybridized carbons (Fsp3) is 0.533. The molecule has 1 aromatic rings. The molecule has 1 aliphatic carbocycles. The van der Waals surface area contributed by atoms with Gasteiger partial charge >= 0.3 is 0 Å². The number of benzene rings is 1. The van der Waals surface area contributed by atoms with Gasteiger partial charge in [-0.1, -0.05) is 12.8 Å². The number of carbonyl (C=O) groups is 1. The van der Waals surface area contributed by atoms with Crippen LogP contribution in [0.15, 0.2) is 24.3 Å². The molecule has 0 bridgehead atoms. The summed E-state index contributed by atoms with van der Waals surface area (Å²) in [5.41, 5.74) is 6.87. The minimum Gasteiger partial charge on any atom is -0.399 e. The fourth-order valence-corrected chi connectivity index (χ4v) is 4.57. The van der Waals surface area contributed by atoms with Crippen LogP contribution in [-0.2, 0) is 14.6 Å². The van der Waals surface area contributed by atoms with Crippen LogP contribution >= 0.6 is 0 Å². The maximum absolute atomic E-state index is 12.1. The van der Waals surface area contributed by atoms with Crippen molar-refractivity contribution in [3.05, 3.63) is 24.3 Å². The van der Waals surface area contributed by atoms with Gasteiger partial charge in [0, 0.05) is 17.8 Å². The smallest absolute Gasteiger partial charge is 0.224 e. The molecule has 1 aromatic carbocycles. The zero-order chi connectivity index (χ0) is 15.3. The Morgan fingerprint density at radius 2 is 1.81 bits per heavy atom. The minimum atomic E-state index is -3.03. The van der Waals surface area contributed by atoms with Crippen molar-refractivity contribution in [2.24, 2.45) is 0 Å². The molecular formula is C15H22N2O3S. The van der Waals surface area contributed by atoms with Crippen molar-refractivity contribution < 1.29 is 13.2 Å². The number of anilines is 2. The molecule has 5 nitrogen and oxygen atoms in total. The Kier molecular flexibility index (Phi) is 5.22. The molecule has 1 fully saturated rings. The van der Waals surface area contributed by atoms with Gasteiger partial charge in [-0.05, 0) is 43.5 Å². The Balaban J connectivity index is 1.75. The third-order valence-corrected chi connectivity index (χ3v) is 6.18. The highest BCUT2D eigenvalue weighted by Crippen LogP contribution is 2.25. The first-order chi connectivity index (χ1) is 9.97. The van der Waals surface area contributed by atoms with Gasteiger partial charge in [-0.3, -0.25) is 4.79 Å². The topological polar surface area (TPSA) is 89.3 Å². The second kappa shape index (κ2) is 6.93. The van der Waals surface area contributed by atoms with E-state index in [1.165, 1.54) is 0 Å². The van der Waals surface area contributed by atoms with Crippen molar-refractivity contribution in [3.8, 4) is 0 Å². The predicted octanol–water partition coefficient (Wildman–Crippen LogP) is 2.34. The van der Waals surface area contributed by atoms with E-state index in [4.69, 9.17) is 5.73 Å². The summed E-state index contributed by atoms with van der Waals surface area (Å²) >= 11 is 0. The zero-order valence-electron chi connectivity index (χ0n) is 12.0. The van der Waals surface area contributed by atoms with Crippen LogP contribution in [0.2, 0.25) is 0 Å². The molecule has 0 saturated heterocycles. The summed E-state index contributed by atoms with van der Waals surface area (Å²) in [5.74, 6) is -0.0614. The van der Waals surface area contributed by atoms with E-state index in [0.717, 1.165) is 25.7 Å². The standard InChI is InChI=1S/C15H22N2O3S/c16-12-7-9-13(10-8-12)17-15(18)6-3-11-21(19,20)14-4-1-2-5-14/h7-10,14H,1-6,11,16H2,(H,17,18). The molecule has 2 rings (SSSR count). The summed E-state index contributed by atoms with van der Waals surface area (Å²) < 4.78 is 24.1. The number of hydrogen-bond donors (Lipinski definition) is 2. The van der Waals surface area contributed by atoms with E-state index in [1.807, 2.05) is 0 Å². The highest BCUT2D eigenvalue weighted by molar-refractivity contribution is 7.92. The second-order valence-electron chi connectivity index (χ2n) is 5.55. The molecule has 0 heterocycles. The Morgan fingerprint density at radius 1 is 1.19 bits per heavy atom. The molecule has 0 aliphatic heterocycles. The number of nitrogens with two attached hydrogens (primary N) is 1. The van der Waals surface area contributed by atoms with Crippen molar-refractivity contribution in [3.63, 3.8) is 0 Å². The van der Waals surface area contributed by atoms with Crippen LogP contribution in [0.3, 0.4) is 0 Å². The van der Waals surface area contributed by atoms with Crippen LogP contribution in [-0.4, -0.2) is 25.3 Å². The lowest BCUT2D eigenvalue weighted by Gasteiger charge is -2.10. The van der Waals surface area contributed by atoms with Gasteiger partial charge in [0.15, 0.2) is 9.84 Å². The number of carbonyl (C=O) groups excluding carboxylic acids is 1. The highest BCUT2D eigenvalue weighted by Gasteiger charge is 2.28. The van der Waals surface area contributed by atoms with E-state index in [9.17, 15) is 13.2 Å². The van der Waals surface area contributed by atoms with E-state index in [-0.39, 0.29) is 23.3 Å². The van der Waals surface area contributed by atoms with E-state index in [0.29, 0.717) is 17.8 Å². The molecule has 1 aliphatic rings. The van der Waals surface area contributed by atoms with Crippen LogP contribution in [0.1, 0.15) is 38.5 Å². The monoisotopic (exact) mass is 310 g/mol. The maximum atomic E-state index is 12.1. The van der Waals surface area contributed by atoms with Crippen molar-refractivity contribution in [1.29, 1.82) is 0 Å². The lowest BCUT2D eigenvalue weighted by molar-refractivity contribution is -0.116. The number of rotatable bonds is 6. The number of nitrogens with one attached hydrogen (secondary N) is 1. The average Bonchev–Trinajstić information content (AvgIpc) is 2.96. The molecule has 1 amide bonds. The van der Waals surface area contributed by atoms with Crippen LogP contribution < -0.4 is 11.1 Å². The highest BCUT2D eigenvalue weighted by atomic mass is 32.2. The fourth-order valence-electron chi connectivity index (χ4n) is 2.64. The summed E-state index contributed by atoms with van der Waals surface area (Å²) in [6.07, 6.45) is 4.15. The number of hydrogen-bond acceptors (Lipinski definition) is 4. The molecule has 0 spiro atoms. The van der Waals surface area contributed by atoms with Gasteiger partial charge in [-0.15, -0.1) is 0 Å². The molecule has 3 N–H and O–H groups in total. The predicted molar refractivity (Wildman–Crippen MR) is 84.8 cm³/mol. The first kappa shape index (κ1) is 15.8. The number of sulfone groups is 1. The van der Waals surface area contributed by atoms with Gasteiger partial charge in [0.25, 0.3) is 0 Å². The van der Waals surface area contributed by atoms with Gasteiger partial charge < -0.3 is 11.1 Å².